The van der Waals surface area contributed by atoms with Crippen molar-refractivity contribution < 1.29 is 9.11 Å². The van der Waals surface area contributed by atoms with Crippen molar-refractivity contribution in [1.82, 2.24) is 0 Å². The number of nitrogens with two attached hydrogens (primary N) is 1. The highest BCUT2D eigenvalue weighted by Crippen LogP contribution is 2.61. The Hall–Kier alpha value is -1.44. The third kappa shape index (κ3) is 3.20. The van der Waals surface area contributed by atoms with Crippen LogP contribution < -0.4 is 14.3 Å². The summed E-state index contributed by atoms with van der Waals surface area (Å²) in [6, 6.07) is 14.2. The van der Waals surface area contributed by atoms with Crippen molar-refractivity contribution in [2.75, 3.05) is 22.2 Å². The second-order valence-electron chi connectivity index (χ2n) is 6.60. The predicted octanol–water partition coefficient (Wildman–Crippen LogP) is 4.48. The van der Waals surface area contributed by atoms with Crippen molar-refractivity contribution in [1.29, 1.82) is 0 Å². The van der Waals surface area contributed by atoms with E-state index in [1.54, 1.807) is 15.7 Å². The summed E-state index contributed by atoms with van der Waals surface area (Å²) in [6.45, 7) is 1.22. The molecule has 2 aromatic carbocycles. The van der Waals surface area contributed by atoms with Gasteiger partial charge in [-0.15, -0.1) is 12.4 Å². The quantitative estimate of drug-likeness (QED) is 0.728. The van der Waals surface area contributed by atoms with Crippen LogP contribution in [0.25, 0.3) is 11.1 Å². The lowest BCUT2D eigenvalue weighted by Gasteiger charge is -2.42. The second kappa shape index (κ2) is 6.70. The van der Waals surface area contributed by atoms with Gasteiger partial charge in [0.25, 0.3) is 0 Å². The van der Waals surface area contributed by atoms with Crippen LogP contribution in [-0.4, -0.2) is 22.7 Å². The first kappa shape index (κ1) is 18.4. The first-order valence-corrected chi connectivity index (χ1v) is 9.70. The third-order valence-corrected chi connectivity index (χ3v) is 6.73. The Bertz CT molecular complexity index is 783. The number of hydrogen-bond acceptors (Lipinski definition) is 5. The van der Waals surface area contributed by atoms with Crippen LogP contribution in [0.3, 0.4) is 0 Å². The van der Waals surface area contributed by atoms with E-state index in [2.05, 4.69) is 12.1 Å². The zero-order chi connectivity index (χ0) is 16.9. The lowest BCUT2D eigenvalue weighted by Crippen LogP contribution is -2.32. The Balaban J connectivity index is 0.00000182. The molecule has 0 saturated heterocycles. The van der Waals surface area contributed by atoms with Gasteiger partial charge in [-0.05, 0) is 64.6 Å². The zero-order valence-electron chi connectivity index (χ0n) is 14.1. The van der Waals surface area contributed by atoms with Crippen LogP contribution in [0.4, 0.5) is 11.4 Å². The Kier molecular flexibility index (Phi) is 4.92. The average molecular weight is 382 g/mol. The molecule has 1 aliphatic carbocycles. The second-order valence-corrected chi connectivity index (χ2v) is 8.57. The fraction of sp³-hybridized carbons (Fsp3) is 0.333. The summed E-state index contributed by atoms with van der Waals surface area (Å²) in [7, 11) is -1.19. The Morgan fingerprint density at radius 1 is 1.08 bits per heavy atom. The molecule has 0 aromatic heterocycles. The molecule has 4 rings (SSSR count). The van der Waals surface area contributed by atoms with Crippen LogP contribution in [0.2, 0.25) is 0 Å². The summed E-state index contributed by atoms with van der Waals surface area (Å²) < 4.78 is 24.7. The summed E-state index contributed by atoms with van der Waals surface area (Å²) in [6.07, 6.45) is 2.35. The molecule has 0 atom stereocenters. The highest BCUT2D eigenvalue weighted by Gasteiger charge is 2.41. The molecule has 2 aromatic rings. The highest BCUT2D eigenvalue weighted by molar-refractivity contribution is 8.26. The molecule has 0 spiro atoms. The summed E-state index contributed by atoms with van der Waals surface area (Å²) in [4.78, 5) is 0. The highest BCUT2D eigenvalue weighted by atomic mass is 35.5. The van der Waals surface area contributed by atoms with Gasteiger partial charge in [0.15, 0.2) is 0 Å². The molecule has 0 bridgehead atoms. The van der Waals surface area contributed by atoms with E-state index in [0.29, 0.717) is 19.0 Å². The van der Waals surface area contributed by atoms with E-state index < -0.39 is 11.0 Å². The fourth-order valence-corrected chi connectivity index (χ4v) is 4.72. The molecule has 0 amide bonds. The molecule has 1 heterocycles. The van der Waals surface area contributed by atoms with Gasteiger partial charge in [-0.2, -0.15) is 0 Å². The standard InChI is InChI=1S/C18H23N3O2S.ClH/c1-20-18-10-16(15-4-2-3-14(9-15)11-19)7-8-17(18)21(24(20,22)23)12-13-5-6-13;/h2-4,7-10,13,22-23H,5-6,11-12,19H2,1H3;1H. The number of hydrogen-bond donors (Lipinski definition) is 3. The average Bonchev–Trinajstić information content (AvgIpc) is 3.39. The smallest absolute Gasteiger partial charge is 0.0840 e. The molecule has 1 aliphatic heterocycles. The molecule has 1 fully saturated rings. The van der Waals surface area contributed by atoms with E-state index in [9.17, 15) is 9.11 Å². The van der Waals surface area contributed by atoms with Crippen LogP contribution in [0.15, 0.2) is 42.5 Å². The maximum Gasteiger partial charge on any atom is 0.0840 e. The number of halogens is 1. The first-order valence-electron chi connectivity index (χ1n) is 8.24. The van der Waals surface area contributed by atoms with E-state index in [-0.39, 0.29) is 12.4 Å². The fourth-order valence-electron chi connectivity index (χ4n) is 3.19. The van der Waals surface area contributed by atoms with Crippen molar-refractivity contribution >= 4 is 34.7 Å². The van der Waals surface area contributed by atoms with Crippen molar-refractivity contribution in [2.45, 2.75) is 19.4 Å². The minimum atomic E-state index is -2.95. The number of anilines is 2. The number of fused-ring (bicyclic) bond motifs is 1. The lowest BCUT2D eigenvalue weighted by atomic mass is 10.0. The van der Waals surface area contributed by atoms with Crippen molar-refractivity contribution in [3.05, 3.63) is 48.0 Å². The molecule has 5 nitrogen and oxygen atoms in total. The van der Waals surface area contributed by atoms with Crippen LogP contribution in [-0.2, 0) is 6.54 Å². The summed E-state index contributed by atoms with van der Waals surface area (Å²) >= 11 is 0. The maximum absolute atomic E-state index is 10.6. The van der Waals surface area contributed by atoms with Crippen LogP contribution in [0.1, 0.15) is 18.4 Å². The molecule has 1 saturated carbocycles. The minimum absolute atomic E-state index is 0. The van der Waals surface area contributed by atoms with Gasteiger partial charge < -0.3 is 5.73 Å². The van der Waals surface area contributed by atoms with Crippen LogP contribution in [0, 0.1) is 5.92 Å². The number of nitrogens with zero attached hydrogens (tertiary/aromatic N) is 2. The molecular weight excluding hydrogens is 358 g/mol. The molecule has 0 radical (unpaired) electrons. The minimum Gasteiger partial charge on any atom is -0.326 e. The lowest BCUT2D eigenvalue weighted by molar-refractivity contribution is 0.481. The van der Waals surface area contributed by atoms with Gasteiger partial charge in [-0.3, -0.25) is 17.7 Å². The molecule has 2 aliphatic rings. The van der Waals surface area contributed by atoms with Gasteiger partial charge in [-0.25, -0.2) is 0 Å². The van der Waals surface area contributed by atoms with Gasteiger partial charge in [0, 0.05) is 20.1 Å². The predicted molar refractivity (Wildman–Crippen MR) is 108 cm³/mol. The Morgan fingerprint density at radius 3 is 2.48 bits per heavy atom. The first-order chi connectivity index (χ1) is 11.5. The molecule has 136 valence electrons. The normalized spacial score (nSPS) is 19.4. The summed E-state index contributed by atoms with van der Waals surface area (Å²) in [5.41, 5.74) is 10.7. The van der Waals surface area contributed by atoms with E-state index in [4.69, 9.17) is 5.73 Å². The maximum atomic E-state index is 10.6. The van der Waals surface area contributed by atoms with Crippen LogP contribution >= 0.6 is 23.4 Å². The van der Waals surface area contributed by atoms with E-state index in [1.807, 2.05) is 30.3 Å². The van der Waals surface area contributed by atoms with Crippen LogP contribution in [0.5, 0.6) is 0 Å². The molecule has 25 heavy (non-hydrogen) atoms. The number of rotatable bonds is 4. The van der Waals surface area contributed by atoms with Gasteiger partial charge in [0.2, 0.25) is 0 Å². The van der Waals surface area contributed by atoms with E-state index in [0.717, 1.165) is 28.1 Å². The summed E-state index contributed by atoms with van der Waals surface area (Å²) in [5, 5.41) is 0. The van der Waals surface area contributed by atoms with Crippen molar-refractivity contribution in [2.24, 2.45) is 11.7 Å². The molecule has 7 heteroatoms. The Morgan fingerprint density at radius 2 is 1.80 bits per heavy atom. The third-order valence-electron chi connectivity index (χ3n) is 4.86. The van der Waals surface area contributed by atoms with Gasteiger partial charge in [-0.1, -0.05) is 24.3 Å². The number of benzene rings is 2. The molecular formula is C18H24ClN3O2S. The molecule has 4 N–H and O–H groups in total. The summed E-state index contributed by atoms with van der Waals surface area (Å²) in [5.74, 6) is 0.580. The van der Waals surface area contributed by atoms with Gasteiger partial charge >= 0.3 is 0 Å². The van der Waals surface area contributed by atoms with Gasteiger partial charge in [0.1, 0.15) is 0 Å². The SMILES string of the molecule is CN1c2cc(-c3cccc(CN)c3)ccc2N(CC2CC2)S1(O)O.Cl. The largest absolute Gasteiger partial charge is 0.326 e. The zero-order valence-corrected chi connectivity index (χ0v) is 15.8. The van der Waals surface area contributed by atoms with Crippen molar-refractivity contribution in [3.8, 4) is 11.1 Å². The molecule has 0 unspecified atom stereocenters. The van der Waals surface area contributed by atoms with Gasteiger partial charge in [0.05, 0.1) is 11.4 Å². The van der Waals surface area contributed by atoms with Crippen molar-refractivity contribution in [3.63, 3.8) is 0 Å². The monoisotopic (exact) mass is 381 g/mol. The Labute approximate surface area is 156 Å². The van der Waals surface area contributed by atoms with E-state index in [1.165, 1.54) is 12.8 Å². The van der Waals surface area contributed by atoms with E-state index >= 15 is 0 Å². The topological polar surface area (TPSA) is 73.0 Å².